The van der Waals surface area contributed by atoms with Gasteiger partial charge in [0.25, 0.3) is 0 Å². The van der Waals surface area contributed by atoms with Crippen molar-refractivity contribution in [1.29, 1.82) is 5.41 Å². The Morgan fingerprint density at radius 2 is 1.94 bits per heavy atom. The van der Waals surface area contributed by atoms with E-state index in [1.54, 1.807) is 37.3 Å². The van der Waals surface area contributed by atoms with Crippen LogP contribution >= 0.6 is 0 Å². The Bertz CT molecular complexity index is 456. The maximum absolute atomic E-state index is 11.8. The third-order valence-corrected chi connectivity index (χ3v) is 3.80. The van der Waals surface area contributed by atoms with Gasteiger partial charge in [-0.1, -0.05) is 18.2 Å². The summed E-state index contributed by atoms with van der Waals surface area (Å²) in [6, 6.07) is 8.64. The molecule has 1 aromatic carbocycles. The monoisotopic (exact) mass is 241 g/mol. The van der Waals surface area contributed by atoms with Crippen molar-refractivity contribution in [3.8, 4) is 0 Å². The van der Waals surface area contributed by atoms with Crippen molar-refractivity contribution in [2.75, 3.05) is 16.6 Å². The first-order valence-corrected chi connectivity index (χ1v) is 6.46. The summed E-state index contributed by atoms with van der Waals surface area (Å²) in [7, 11) is -3.40. The highest BCUT2D eigenvalue weighted by Crippen LogP contribution is 2.17. The van der Waals surface area contributed by atoms with Gasteiger partial charge >= 0.3 is 0 Å². The van der Waals surface area contributed by atoms with Crippen LogP contribution in [0.15, 0.2) is 30.3 Å². The molecule has 0 spiro atoms. The van der Waals surface area contributed by atoms with Crippen molar-refractivity contribution < 1.29 is 8.42 Å². The molecule has 3 N–H and O–H groups in total. The number of nitrogens with zero attached hydrogens (tertiary/aromatic N) is 1. The lowest BCUT2D eigenvalue weighted by Crippen LogP contribution is -2.39. The van der Waals surface area contributed by atoms with E-state index >= 15 is 0 Å². The Morgan fingerprint density at radius 3 is 2.38 bits per heavy atom. The first-order valence-electron chi connectivity index (χ1n) is 4.85. The van der Waals surface area contributed by atoms with Crippen LogP contribution in [0.25, 0.3) is 0 Å². The van der Waals surface area contributed by atoms with E-state index in [0.29, 0.717) is 5.69 Å². The van der Waals surface area contributed by atoms with Crippen molar-refractivity contribution in [3.05, 3.63) is 30.3 Å². The van der Waals surface area contributed by atoms with Crippen LogP contribution in [0.1, 0.15) is 6.92 Å². The van der Waals surface area contributed by atoms with E-state index in [-0.39, 0.29) is 18.1 Å². The molecular weight excluding hydrogens is 226 g/mol. The molecule has 16 heavy (non-hydrogen) atoms. The molecule has 0 unspecified atom stereocenters. The molecule has 0 amide bonds. The number of benzene rings is 1. The molecular formula is C10H15N3O2S. The van der Waals surface area contributed by atoms with Crippen LogP contribution in [-0.2, 0) is 10.0 Å². The minimum absolute atomic E-state index is 0.0187. The summed E-state index contributed by atoms with van der Waals surface area (Å²) in [6.07, 6.45) is 0. The fraction of sp³-hybridized carbons (Fsp3) is 0.300. The van der Waals surface area contributed by atoms with Crippen molar-refractivity contribution in [2.24, 2.45) is 5.73 Å². The lowest BCUT2D eigenvalue weighted by Gasteiger charge is -2.22. The number of hydrogen-bond acceptors (Lipinski definition) is 3. The molecule has 1 rings (SSSR count). The Morgan fingerprint density at radius 1 is 1.38 bits per heavy atom. The third kappa shape index (κ3) is 2.96. The number of sulfonamides is 1. The highest BCUT2D eigenvalue weighted by atomic mass is 32.2. The van der Waals surface area contributed by atoms with Gasteiger partial charge in [0, 0.05) is 0 Å². The van der Waals surface area contributed by atoms with E-state index in [1.807, 2.05) is 0 Å². The van der Waals surface area contributed by atoms with Gasteiger partial charge in [-0.3, -0.25) is 9.71 Å². The average Bonchev–Trinajstić information content (AvgIpc) is 2.27. The maximum Gasteiger partial charge on any atom is 0.235 e. The second kappa shape index (κ2) is 4.98. The van der Waals surface area contributed by atoms with Crippen LogP contribution in [0.4, 0.5) is 5.69 Å². The van der Waals surface area contributed by atoms with Crippen molar-refractivity contribution in [1.82, 2.24) is 0 Å². The quantitative estimate of drug-likeness (QED) is 0.590. The number of anilines is 1. The standard InChI is InChI=1S/C10H15N3O2S/c1-2-16(14,15)13(8-10(11)12)9-6-4-3-5-7-9/h3-7H,2,8H2,1H3,(H3,11,12). The van der Waals surface area contributed by atoms with Gasteiger partial charge in [-0.05, 0) is 19.1 Å². The van der Waals surface area contributed by atoms with Crippen LogP contribution < -0.4 is 10.0 Å². The summed E-state index contributed by atoms with van der Waals surface area (Å²) >= 11 is 0. The maximum atomic E-state index is 11.8. The Hall–Kier alpha value is -1.56. The molecule has 0 bridgehead atoms. The smallest absolute Gasteiger partial charge is 0.235 e. The summed E-state index contributed by atoms with van der Waals surface area (Å²) in [5.74, 6) is -0.198. The molecule has 0 atom stereocenters. The molecule has 0 aromatic heterocycles. The van der Waals surface area contributed by atoms with Crippen molar-refractivity contribution in [2.45, 2.75) is 6.92 Å². The van der Waals surface area contributed by atoms with Crippen LogP contribution in [0.3, 0.4) is 0 Å². The second-order valence-electron chi connectivity index (χ2n) is 3.27. The minimum atomic E-state index is -3.40. The zero-order valence-electron chi connectivity index (χ0n) is 9.05. The lowest BCUT2D eigenvalue weighted by molar-refractivity contribution is 0.594. The molecule has 88 valence electrons. The first-order chi connectivity index (χ1) is 7.47. The van der Waals surface area contributed by atoms with Crippen LogP contribution in [0.5, 0.6) is 0 Å². The SMILES string of the molecule is CCS(=O)(=O)N(CC(=N)N)c1ccccc1. The Balaban J connectivity index is 3.12. The summed E-state index contributed by atoms with van der Waals surface area (Å²) in [6.45, 7) is 1.45. The summed E-state index contributed by atoms with van der Waals surface area (Å²) in [4.78, 5) is 0. The number of rotatable bonds is 5. The molecule has 0 radical (unpaired) electrons. The third-order valence-electron chi connectivity index (χ3n) is 2.06. The predicted molar refractivity (Wildman–Crippen MR) is 65.2 cm³/mol. The fourth-order valence-corrected chi connectivity index (χ4v) is 2.35. The van der Waals surface area contributed by atoms with E-state index in [9.17, 15) is 8.42 Å². The van der Waals surface area contributed by atoms with Crippen molar-refractivity contribution in [3.63, 3.8) is 0 Å². The highest BCUT2D eigenvalue weighted by molar-refractivity contribution is 7.92. The molecule has 0 heterocycles. The molecule has 5 nitrogen and oxygen atoms in total. The van der Waals surface area contributed by atoms with Gasteiger partial charge < -0.3 is 5.73 Å². The Kier molecular flexibility index (Phi) is 3.89. The zero-order valence-corrected chi connectivity index (χ0v) is 9.87. The number of para-hydroxylation sites is 1. The van der Waals surface area contributed by atoms with E-state index in [2.05, 4.69) is 0 Å². The number of nitrogens with two attached hydrogens (primary N) is 1. The Labute approximate surface area is 95.4 Å². The molecule has 6 heteroatoms. The molecule has 0 saturated heterocycles. The number of nitrogens with one attached hydrogen (secondary N) is 1. The number of hydrogen-bond donors (Lipinski definition) is 2. The van der Waals surface area contributed by atoms with E-state index in [0.717, 1.165) is 4.31 Å². The van der Waals surface area contributed by atoms with Gasteiger partial charge in [0.05, 0.1) is 18.0 Å². The summed E-state index contributed by atoms with van der Waals surface area (Å²) in [5, 5.41) is 7.20. The van der Waals surface area contributed by atoms with E-state index in [4.69, 9.17) is 11.1 Å². The topological polar surface area (TPSA) is 87.2 Å². The van der Waals surface area contributed by atoms with Gasteiger partial charge in [0.2, 0.25) is 10.0 Å². The van der Waals surface area contributed by atoms with Crippen LogP contribution in [0, 0.1) is 5.41 Å². The van der Waals surface area contributed by atoms with Gasteiger partial charge in [0.15, 0.2) is 0 Å². The molecule has 0 fully saturated rings. The molecule has 1 aromatic rings. The van der Waals surface area contributed by atoms with Gasteiger partial charge in [-0.2, -0.15) is 0 Å². The van der Waals surface area contributed by atoms with E-state index in [1.165, 1.54) is 0 Å². The molecule has 0 aliphatic carbocycles. The second-order valence-corrected chi connectivity index (χ2v) is 5.45. The minimum Gasteiger partial charge on any atom is -0.386 e. The van der Waals surface area contributed by atoms with Crippen LogP contribution in [0.2, 0.25) is 0 Å². The molecule has 0 aliphatic rings. The van der Waals surface area contributed by atoms with Gasteiger partial charge in [-0.25, -0.2) is 8.42 Å². The molecule has 0 saturated carbocycles. The normalized spacial score (nSPS) is 11.1. The summed E-state index contributed by atoms with van der Waals surface area (Å²) < 4.78 is 24.8. The van der Waals surface area contributed by atoms with Crippen molar-refractivity contribution >= 4 is 21.5 Å². The van der Waals surface area contributed by atoms with Gasteiger partial charge in [0.1, 0.15) is 5.84 Å². The number of amidine groups is 1. The predicted octanol–water partition coefficient (Wildman–Crippen LogP) is 0.779. The first kappa shape index (κ1) is 12.5. The largest absolute Gasteiger partial charge is 0.386 e. The molecule has 0 aliphatic heterocycles. The average molecular weight is 241 g/mol. The summed E-state index contributed by atoms with van der Waals surface area (Å²) in [5.41, 5.74) is 5.79. The lowest BCUT2D eigenvalue weighted by atomic mass is 10.3. The van der Waals surface area contributed by atoms with Gasteiger partial charge in [-0.15, -0.1) is 0 Å². The van der Waals surface area contributed by atoms with Crippen LogP contribution in [-0.4, -0.2) is 26.6 Å². The van der Waals surface area contributed by atoms with E-state index < -0.39 is 10.0 Å². The highest BCUT2D eigenvalue weighted by Gasteiger charge is 2.20. The zero-order chi connectivity index (χ0) is 12.2. The fourth-order valence-electron chi connectivity index (χ4n) is 1.26.